The largest absolute Gasteiger partial charge is 0.456 e. The van der Waals surface area contributed by atoms with Crippen molar-refractivity contribution >= 4 is 29.3 Å². The second-order valence-corrected chi connectivity index (χ2v) is 6.25. The third-order valence-electron chi connectivity index (χ3n) is 3.94. The normalized spacial score (nSPS) is 10.1. The second kappa shape index (κ2) is 10.7. The average Bonchev–Trinajstić information content (AvgIpc) is 2.72. The fourth-order valence-electron chi connectivity index (χ4n) is 2.35. The van der Waals surface area contributed by atoms with Crippen molar-refractivity contribution in [1.82, 2.24) is 4.90 Å². The zero-order valence-corrected chi connectivity index (χ0v) is 15.9. The van der Waals surface area contributed by atoms with Crippen LogP contribution in [0.1, 0.15) is 23.2 Å². The molecule has 0 fully saturated rings. The van der Waals surface area contributed by atoms with Gasteiger partial charge in [0.25, 0.3) is 5.91 Å². The van der Waals surface area contributed by atoms with Crippen LogP contribution in [0.2, 0.25) is 0 Å². The number of ketones is 1. The van der Waals surface area contributed by atoms with Crippen LogP contribution in [-0.2, 0) is 19.1 Å². The lowest BCUT2D eigenvalue weighted by Gasteiger charge is -2.16. The average molecular weight is 400 g/mol. The summed E-state index contributed by atoms with van der Waals surface area (Å²) in [4.78, 5) is 48.7. The van der Waals surface area contributed by atoms with Gasteiger partial charge in [-0.05, 0) is 24.3 Å². The number of likely N-dealkylation sites (N-methyl/N-ethyl adjacent to an activating group) is 1. The number of halogens is 1. The summed E-state index contributed by atoms with van der Waals surface area (Å²) in [5.41, 5.74) is 0.898. The van der Waals surface area contributed by atoms with E-state index in [1.807, 2.05) is 0 Å². The summed E-state index contributed by atoms with van der Waals surface area (Å²) in [5.74, 6) is -2.34. The summed E-state index contributed by atoms with van der Waals surface area (Å²) in [6.45, 7) is -0.793. The van der Waals surface area contributed by atoms with Gasteiger partial charge < -0.3 is 15.0 Å². The highest BCUT2D eigenvalue weighted by atomic mass is 19.1. The molecule has 0 aliphatic carbocycles. The Morgan fingerprint density at radius 1 is 0.966 bits per heavy atom. The molecule has 2 amide bonds. The SMILES string of the molecule is CN(CC(=O)Nc1ccc(F)cc1)C(=O)COC(=O)CCC(=O)c1ccccc1. The molecule has 2 rings (SSSR count). The quantitative estimate of drug-likeness (QED) is 0.516. The van der Waals surface area contributed by atoms with Crippen LogP contribution in [0.25, 0.3) is 0 Å². The molecule has 0 saturated heterocycles. The Morgan fingerprint density at radius 3 is 2.28 bits per heavy atom. The maximum Gasteiger partial charge on any atom is 0.306 e. The van der Waals surface area contributed by atoms with Crippen LogP contribution in [0.5, 0.6) is 0 Å². The van der Waals surface area contributed by atoms with Gasteiger partial charge >= 0.3 is 5.97 Å². The van der Waals surface area contributed by atoms with E-state index in [0.29, 0.717) is 11.3 Å². The van der Waals surface area contributed by atoms with Crippen LogP contribution in [0.15, 0.2) is 54.6 Å². The van der Waals surface area contributed by atoms with Crippen LogP contribution in [0.4, 0.5) is 10.1 Å². The summed E-state index contributed by atoms with van der Waals surface area (Å²) < 4.78 is 17.7. The lowest BCUT2D eigenvalue weighted by atomic mass is 10.1. The molecular formula is C21H21FN2O5. The van der Waals surface area contributed by atoms with E-state index in [-0.39, 0.29) is 25.2 Å². The molecule has 1 N–H and O–H groups in total. The summed E-state index contributed by atoms with van der Waals surface area (Å²) >= 11 is 0. The molecule has 0 heterocycles. The zero-order valence-electron chi connectivity index (χ0n) is 15.9. The highest BCUT2D eigenvalue weighted by molar-refractivity contribution is 5.97. The highest BCUT2D eigenvalue weighted by Gasteiger charge is 2.16. The van der Waals surface area contributed by atoms with Gasteiger partial charge in [0.05, 0.1) is 13.0 Å². The van der Waals surface area contributed by atoms with Crippen molar-refractivity contribution in [3.63, 3.8) is 0 Å². The number of amides is 2. The molecule has 2 aromatic rings. The number of anilines is 1. The monoisotopic (exact) mass is 400 g/mol. The van der Waals surface area contributed by atoms with Gasteiger partial charge in [-0.15, -0.1) is 0 Å². The van der Waals surface area contributed by atoms with Gasteiger partial charge in [-0.1, -0.05) is 30.3 Å². The molecule has 0 spiro atoms. The van der Waals surface area contributed by atoms with Crippen molar-refractivity contribution in [2.45, 2.75) is 12.8 Å². The number of ether oxygens (including phenoxy) is 1. The first-order chi connectivity index (χ1) is 13.8. The van der Waals surface area contributed by atoms with E-state index >= 15 is 0 Å². The third kappa shape index (κ3) is 7.53. The number of benzene rings is 2. The summed E-state index contributed by atoms with van der Waals surface area (Å²) in [7, 11) is 1.39. The van der Waals surface area contributed by atoms with Crippen molar-refractivity contribution in [2.75, 3.05) is 25.5 Å². The minimum Gasteiger partial charge on any atom is -0.456 e. The van der Waals surface area contributed by atoms with E-state index in [2.05, 4.69) is 5.32 Å². The first-order valence-corrected chi connectivity index (χ1v) is 8.88. The predicted octanol–water partition coefficient (Wildman–Crippen LogP) is 2.43. The number of carbonyl (C=O) groups excluding carboxylic acids is 4. The van der Waals surface area contributed by atoms with Gasteiger partial charge in [0, 0.05) is 24.7 Å². The molecule has 0 unspecified atom stereocenters. The van der Waals surface area contributed by atoms with Crippen molar-refractivity contribution in [3.05, 3.63) is 66.0 Å². The smallest absolute Gasteiger partial charge is 0.306 e. The van der Waals surface area contributed by atoms with Crippen LogP contribution >= 0.6 is 0 Å². The first-order valence-electron chi connectivity index (χ1n) is 8.88. The Balaban J connectivity index is 1.69. The fourth-order valence-corrected chi connectivity index (χ4v) is 2.35. The van der Waals surface area contributed by atoms with Crippen LogP contribution in [0, 0.1) is 5.82 Å². The molecule has 8 heteroatoms. The van der Waals surface area contributed by atoms with Crippen molar-refractivity contribution in [1.29, 1.82) is 0 Å². The molecule has 0 aliphatic rings. The Morgan fingerprint density at radius 2 is 1.62 bits per heavy atom. The molecule has 2 aromatic carbocycles. The highest BCUT2D eigenvalue weighted by Crippen LogP contribution is 2.08. The molecule has 0 saturated carbocycles. The van der Waals surface area contributed by atoms with E-state index in [1.165, 1.54) is 31.3 Å². The molecule has 0 aliphatic heterocycles. The van der Waals surface area contributed by atoms with Gasteiger partial charge in [-0.25, -0.2) is 4.39 Å². The van der Waals surface area contributed by atoms with E-state index < -0.39 is 30.2 Å². The molecule has 0 radical (unpaired) electrons. The maximum atomic E-state index is 12.8. The van der Waals surface area contributed by atoms with Crippen molar-refractivity contribution in [3.8, 4) is 0 Å². The predicted molar refractivity (Wildman–Crippen MR) is 104 cm³/mol. The maximum absolute atomic E-state index is 12.8. The molecule has 29 heavy (non-hydrogen) atoms. The number of hydrogen-bond donors (Lipinski definition) is 1. The third-order valence-corrected chi connectivity index (χ3v) is 3.94. The number of hydrogen-bond acceptors (Lipinski definition) is 5. The molecule has 152 valence electrons. The van der Waals surface area contributed by atoms with Gasteiger partial charge in [0.2, 0.25) is 5.91 Å². The van der Waals surface area contributed by atoms with Gasteiger partial charge in [-0.3, -0.25) is 19.2 Å². The van der Waals surface area contributed by atoms with E-state index in [1.54, 1.807) is 30.3 Å². The summed E-state index contributed by atoms with van der Waals surface area (Å²) in [5, 5.41) is 2.52. The molecular weight excluding hydrogens is 379 g/mol. The van der Waals surface area contributed by atoms with Crippen LogP contribution in [0.3, 0.4) is 0 Å². The zero-order chi connectivity index (χ0) is 21.2. The number of carbonyl (C=O) groups is 4. The Kier molecular flexibility index (Phi) is 8.02. The number of rotatable bonds is 9. The molecule has 0 aromatic heterocycles. The molecule has 7 nitrogen and oxygen atoms in total. The number of Topliss-reactive ketones (excluding diaryl/α,β-unsaturated/α-hetero) is 1. The standard InChI is InChI=1S/C21H21FN2O5/c1-24(13-19(26)23-17-9-7-16(22)8-10-17)20(27)14-29-21(28)12-11-18(25)15-5-3-2-4-6-15/h2-10H,11-14H2,1H3,(H,23,26). The summed E-state index contributed by atoms with van der Waals surface area (Å²) in [6, 6.07) is 13.7. The second-order valence-electron chi connectivity index (χ2n) is 6.25. The van der Waals surface area contributed by atoms with Gasteiger partial charge in [0.1, 0.15) is 5.82 Å². The van der Waals surface area contributed by atoms with E-state index in [4.69, 9.17) is 4.74 Å². The Hall–Kier alpha value is -3.55. The summed E-state index contributed by atoms with van der Waals surface area (Å²) in [6.07, 6.45) is -0.164. The number of nitrogens with zero attached hydrogens (tertiary/aromatic N) is 1. The topological polar surface area (TPSA) is 92.8 Å². The lowest BCUT2D eigenvalue weighted by Crippen LogP contribution is -2.37. The minimum atomic E-state index is -0.674. The van der Waals surface area contributed by atoms with Crippen LogP contribution in [-0.4, -0.2) is 48.7 Å². The van der Waals surface area contributed by atoms with E-state index in [0.717, 1.165) is 4.90 Å². The Labute approximate surface area is 167 Å². The molecule has 0 atom stereocenters. The van der Waals surface area contributed by atoms with Gasteiger partial charge in [0.15, 0.2) is 12.4 Å². The number of esters is 1. The van der Waals surface area contributed by atoms with Crippen molar-refractivity contribution < 1.29 is 28.3 Å². The lowest BCUT2D eigenvalue weighted by molar-refractivity contribution is -0.151. The van der Waals surface area contributed by atoms with E-state index in [9.17, 15) is 23.6 Å². The Bertz CT molecular complexity index is 868. The van der Waals surface area contributed by atoms with Crippen molar-refractivity contribution in [2.24, 2.45) is 0 Å². The number of nitrogens with one attached hydrogen (secondary N) is 1. The molecule has 0 bridgehead atoms. The van der Waals surface area contributed by atoms with Crippen LogP contribution < -0.4 is 5.32 Å². The first kappa shape index (κ1) is 21.7. The fraction of sp³-hybridized carbons (Fsp3) is 0.238. The van der Waals surface area contributed by atoms with Gasteiger partial charge in [-0.2, -0.15) is 0 Å². The minimum absolute atomic E-state index is 0.0209.